The molecule has 0 N–H and O–H groups in total. The van der Waals surface area contributed by atoms with Crippen LogP contribution in [0.5, 0.6) is 5.75 Å². The van der Waals surface area contributed by atoms with Gasteiger partial charge in [0.1, 0.15) is 11.8 Å². The molecule has 84 valence electrons. The molecule has 0 aliphatic rings. The SMILES string of the molecule is CC(=O)c1cc(C)c(C#N)c(OC(F)F)c1. The Bertz CT molecular complexity index is 464. The minimum Gasteiger partial charge on any atom is -0.433 e. The van der Waals surface area contributed by atoms with Crippen LogP contribution in [0.2, 0.25) is 0 Å². The molecule has 0 amide bonds. The van der Waals surface area contributed by atoms with E-state index in [1.165, 1.54) is 13.0 Å². The third-order valence-corrected chi connectivity index (χ3v) is 2.03. The van der Waals surface area contributed by atoms with Crippen LogP contribution in [-0.4, -0.2) is 12.4 Å². The molecule has 0 aliphatic carbocycles. The third kappa shape index (κ3) is 2.54. The second kappa shape index (κ2) is 4.71. The first-order chi connectivity index (χ1) is 7.45. The lowest BCUT2D eigenvalue weighted by atomic mass is 10.0. The number of ketones is 1. The van der Waals surface area contributed by atoms with Crippen LogP contribution in [0.25, 0.3) is 0 Å². The van der Waals surface area contributed by atoms with E-state index in [2.05, 4.69) is 4.74 Å². The standard InChI is InChI=1S/C11H9F2NO2/c1-6-3-8(7(2)15)4-10(9(6)5-14)16-11(12)13/h3-4,11H,1-2H3. The van der Waals surface area contributed by atoms with Crippen molar-refractivity contribution < 1.29 is 18.3 Å². The summed E-state index contributed by atoms with van der Waals surface area (Å²) in [5, 5.41) is 8.78. The quantitative estimate of drug-likeness (QED) is 0.743. The Morgan fingerprint density at radius 1 is 1.50 bits per heavy atom. The summed E-state index contributed by atoms with van der Waals surface area (Å²) in [4.78, 5) is 11.1. The number of rotatable bonds is 3. The van der Waals surface area contributed by atoms with Gasteiger partial charge in [-0.3, -0.25) is 4.79 Å². The van der Waals surface area contributed by atoms with Crippen molar-refractivity contribution in [1.82, 2.24) is 0 Å². The maximum atomic E-state index is 12.1. The number of aryl methyl sites for hydroxylation is 1. The van der Waals surface area contributed by atoms with Crippen LogP contribution in [0, 0.1) is 18.3 Å². The Labute approximate surface area is 91.3 Å². The maximum absolute atomic E-state index is 12.1. The summed E-state index contributed by atoms with van der Waals surface area (Å²) in [5.41, 5.74) is 0.698. The lowest BCUT2D eigenvalue weighted by Crippen LogP contribution is -2.06. The molecule has 16 heavy (non-hydrogen) atoms. The summed E-state index contributed by atoms with van der Waals surface area (Å²) in [6.45, 7) is -0.148. The van der Waals surface area contributed by atoms with Crippen LogP contribution in [0.4, 0.5) is 8.78 Å². The third-order valence-electron chi connectivity index (χ3n) is 2.03. The zero-order chi connectivity index (χ0) is 12.3. The van der Waals surface area contributed by atoms with Crippen LogP contribution < -0.4 is 4.74 Å². The van der Waals surface area contributed by atoms with E-state index in [1.54, 1.807) is 13.0 Å². The van der Waals surface area contributed by atoms with Crippen molar-refractivity contribution in [3.63, 3.8) is 0 Å². The lowest BCUT2D eigenvalue weighted by Gasteiger charge is -2.09. The van der Waals surface area contributed by atoms with Gasteiger partial charge in [-0.15, -0.1) is 0 Å². The van der Waals surface area contributed by atoms with Crippen LogP contribution in [0.15, 0.2) is 12.1 Å². The average molecular weight is 225 g/mol. The molecule has 0 saturated carbocycles. The maximum Gasteiger partial charge on any atom is 0.387 e. The summed E-state index contributed by atoms with van der Waals surface area (Å²) in [6, 6.07) is 4.39. The second-order valence-electron chi connectivity index (χ2n) is 3.21. The van der Waals surface area contributed by atoms with Gasteiger partial charge in [-0.25, -0.2) is 0 Å². The van der Waals surface area contributed by atoms with E-state index in [1.807, 2.05) is 0 Å². The highest BCUT2D eigenvalue weighted by molar-refractivity contribution is 5.95. The molecule has 5 heteroatoms. The molecule has 3 nitrogen and oxygen atoms in total. The molecule has 1 aromatic carbocycles. The molecule has 0 saturated heterocycles. The summed E-state index contributed by atoms with van der Waals surface area (Å²) in [7, 11) is 0. The van der Waals surface area contributed by atoms with Gasteiger partial charge in [0.15, 0.2) is 5.78 Å². The minimum atomic E-state index is -3.02. The summed E-state index contributed by atoms with van der Waals surface area (Å²) >= 11 is 0. The molecular weight excluding hydrogens is 216 g/mol. The first kappa shape index (κ1) is 12.1. The zero-order valence-electron chi connectivity index (χ0n) is 8.75. The van der Waals surface area contributed by atoms with Gasteiger partial charge in [0.2, 0.25) is 0 Å². The van der Waals surface area contributed by atoms with Crippen LogP contribution in [-0.2, 0) is 0 Å². The summed E-state index contributed by atoms with van der Waals surface area (Å²) in [5.74, 6) is -0.533. The van der Waals surface area contributed by atoms with Crippen LogP contribution >= 0.6 is 0 Å². The highest BCUT2D eigenvalue weighted by Crippen LogP contribution is 2.25. The van der Waals surface area contributed by atoms with Crippen molar-refractivity contribution in [2.45, 2.75) is 20.5 Å². The molecular formula is C11H9F2NO2. The molecule has 0 bridgehead atoms. The van der Waals surface area contributed by atoms with E-state index in [0.29, 0.717) is 5.56 Å². The predicted molar refractivity (Wildman–Crippen MR) is 52.5 cm³/mol. The van der Waals surface area contributed by atoms with Gasteiger partial charge >= 0.3 is 6.61 Å². The Morgan fingerprint density at radius 2 is 2.12 bits per heavy atom. The number of nitrogens with zero attached hydrogens (tertiary/aromatic N) is 1. The number of alkyl halides is 2. The molecule has 1 rings (SSSR count). The number of hydrogen-bond acceptors (Lipinski definition) is 3. The Morgan fingerprint density at radius 3 is 2.56 bits per heavy atom. The highest BCUT2D eigenvalue weighted by Gasteiger charge is 2.14. The van der Waals surface area contributed by atoms with Gasteiger partial charge in [-0.1, -0.05) is 0 Å². The minimum absolute atomic E-state index is 0.0188. The van der Waals surface area contributed by atoms with Crippen molar-refractivity contribution in [1.29, 1.82) is 5.26 Å². The number of benzene rings is 1. The van der Waals surface area contributed by atoms with Gasteiger partial charge in [0.05, 0.1) is 5.56 Å². The van der Waals surface area contributed by atoms with Crippen molar-refractivity contribution in [2.75, 3.05) is 0 Å². The van der Waals surface area contributed by atoms with Crippen molar-refractivity contribution in [2.24, 2.45) is 0 Å². The number of carbonyl (C=O) groups is 1. The van der Waals surface area contributed by atoms with Crippen LogP contribution in [0.3, 0.4) is 0 Å². The number of ether oxygens (including phenoxy) is 1. The number of carbonyl (C=O) groups excluding carboxylic acids is 1. The van der Waals surface area contributed by atoms with Gasteiger partial charge in [-0.05, 0) is 31.5 Å². The first-order valence-electron chi connectivity index (χ1n) is 4.46. The topological polar surface area (TPSA) is 50.1 Å². The summed E-state index contributed by atoms with van der Waals surface area (Å²) in [6.07, 6.45) is 0. The number of Topliss-reactive ketones (excluding diaryl/α,β-unsaturated/α-hetero) is 1. The van der Waals surface area contributed by atoms with E-state index in [-0.39, 0.29) is 22.7 Å². The lowest BCUT2D eigenvalue weighted by molar-refractivity contribution is -0.0501. The van der Waals surface area contributed by atoms with Gasteiger partial charge in [-0.2, -0.15) is 14.0 Å². The first-order valence-corrected chi connectivity index (χ1v) is 4.46. The van der Waals surface area contributed by atoms with Crippen molar-refractivity contribution >= 4 is 5.78 Å². The van der Waals surface area contributed by atoms with E-state index >= 15 is 0 Å². The molecule has 1 aromatic rings. The fourth-order valence-electron chi connectivity index (χ4n) is 1.29. The van der Waals surface area contributed by atoms with Crippen molar-refractivity contribution in [3.8, 4) is 11.8 Å². The highest BCUT2D eigenvalue weighted by atomic mass is 19.3. The predicted octanol–water partition coefficient (Wildman–Crippen LogP) is 2.67. The molecule has 0 aromatic heterocycles. The largest absolute Gasteiger partial charge is 0.433 e. The fraction of sp³-hybridized carbons (Fsp3) is 0.273. The molecule has 0 heterocycles. The smallest absolute Gasteiger partial charge is 0.387 e. The van der Waals surface area contributed by atoms with Gasteiger partial charge in [0.25, 0.3) is 0 Å². The molecule has 0 radical (unpaired) electrons. The summed E-state index contributed by atoms with van der Waals surface area (Å²) < 4.78 is 28.4. The van der Waals surface area contributed by atoms with Gasteiger partial charge < -0.3 is 4.74 Å². The molecule has 0 spiro atoms. The molecule has 0 aliphatic heterocycles. The van der Waals surface area contributed by atoms with E-state index in [4.69, 9.17) is 5.26 Å². The monoisotopic (exact) mass is 225 g/mol. The molecule has 0 atom stereocenters. The Kier molecular flexibility index (Phi) is 3.56. The molecule has 0 fully saturated rings. The van der Waals surface area contributed by atoms with Gasteiger partial charge in [0, 0.05) is 5.56 Å². The van der Waals surface area contributed by atoms with E-state index < -0.39 is 6.61 Å². The number of halogens is 2. The van der Waals surface area contributed by atoms with Crippen molar-refractivity contribution in [3.05, 3.63) is 28.8 Å². The number of hydrogen-bond donors (Lipinski definition) is 0. The molecule has 0 unspecified atom stereocenters. The van der Waals surface area contributed by atoms with Crippen LogP contribution in [0.1, 0.15) is 28.4 Å². The fourth-order valence-corrected chi connectivity index (χ4v) is 1.29. The zero-order valence-corrected chi connectivity index (χ0v) is 8.75. The number of nitriles is 1. The second-order valence-corrected chi connectivity index (χ2v) is 3.21. The van der Waals surface area contributed by atoms with E-state index in [9.17, 15) is 13.6 Å². The Balaban J connectivity index is 3.32. The average Bonchev–Trinajstić information content (AvgIpc) is 2.16. The van der Waals surface area contributed by atoms with E-state index in [0.717, 1.165) is 6.07 Å². The Hall–Kier alpha value is -1.96. The normalized spacial score (nSPS) is 10.0.